The van der Waals surface area contributed by atoms with Crippen LogP contribution in [0.2, 0.25) is 0 Å². The minimum absolute atomic E-state index is 0.0950. The van der Waals surface area contributed by atoms with Crippen LogP contribution in [0, 0.1) is 6.92 Å². The van der Waals surface area contributed by atoms with Crippen molar-refractivity contribution in [2.45, 2.75) is 38.3 Å². The third kappa shape index (κ3) is 3.81. The number of oxazole rings is 1. The number of methoxy groups -OCH3 is 1. The Bertz CT molecular complexity index is 1470. The quantitative estimate of drug-likeness (QED) is 0.365. The maximum absolute atomic E-state index is 13.1. The van der Waals surface area contributed by atoms with Gasteiger partial charge in [-0.25, -0.2) is 9.97 Å². The van der Waals surface area contributed by atoms with Crippen molar-refractivity contribution >= 4 is 28.9 Å². The van der Waals surface area contributed by atoms with E-state index in [1.54, 1.807) is 45.5 Å². The normalized spacial score (nSPS) is 19.4. The number of nitrogens with one attached hydrogen (secondary N) is 3. The molecule has 1 fully saturated rings. The lowest BCUT2D eigenvalue weighted by molar-refractivity contribution is -0.0828. The number of rotatable bonds is 7. The highest BCUT2D eigenvalue weighted by Gasteiger charge is 2.44. The number of aromatic nitrogens is 5. The first-order chi connectivity index (χ1) is 16.8. The molecule has 5 rings (SSSR count). The third-order valence-electron chi connectivity index (χ3n) is 6.56. The molecule has 0 spiro atoms. The summed E-state index contributed by atoms with van der Waals surface area (Å²) in [5.41, 5.74) is 0.806. The number of carbonyl (C=O) groups excluding carboxylic acids is 1. The van der Waals surface area contributed by atoms with Gasteiger partial charge in [0.2, 0.25) is 5.88 Å². The summed E-state index contributed by atoms with van der Waals surface area (Å²) in [5, 5.41) is 13.5. The Hall–Kier alpha value is -4.19. The van der Waals surface area contributed by atoms with E-state index in [2.05, 4.69) is 31.0 Å². The van der Waals surface area contributed by atoms with Crippen LogP contribution in [0.3, 0.4) is 0 Å². The van der Waals surface area contributed by atoms with Crippen LogP contribution in [0.15, 0.2) is 46.2 Å². The minimum Gasteiger partial charge on any atom is -0.427 e. The number of pyridine rings is 1. The van der Waals surface area contributed by atoms with Gasteiger partial charge >= 0.3 is 0 Å². The summed E-state index contributed by atoms with van der Waals surface area (Å²) < 4.78 is 13.8. The van der Waals surface area contributed by atoms with Crippen LogP contribution in [-0.4, -0.2) is 55.9 Å². The molecule has 1 saturated carbocycles. The van der Waals surface area contributed by atoms with Crippen molar-refractivity contribution in [2.24, 2.45) is 0 Å². The first kappa shape index (κ1) is 22.6. The molecule has 12 nitrogen and oxygen atoms in total. The zero-order valence-electron chi connectivity index (χ0n) is 19.8. The van der Waals surface area contributed by atoms with E-state index in [9.17, 15) is 9.59 Å². The molecule has 3 N–H and O–H groups in total. The molecule has 4 aromatic heterocycles. The summed E-state index contributed by atoms with van der Waals surface area (Å²) in [7, 11) is 3.38. The molecule has 182 valence electrons. The Balaban J connectivity index is 1.49. The van der Waals surface area contributed by atoms with Crippen molar-refractivity contribution in [1.82, 2.24) is 29.5 Å². The molecule has 1 aliphatic carbocycles. The number of carbonyl (C=O) groups is 1. The van der Waals surface area contributed by atoms with Crippen molar-refractivity contribution in [2.75, 3.05) is 24.8 Å². The van der Waals surface area contributed by atoms with Gasteiger partial charge in [-0.2, -0.15) is 9.61 Å². The zero-order chi connectivity index (χ0) is 24.7. The SMILES string of the molecule is CNc1cc(Nc2cccn(-c3ocnc3C)c2=O)nc2c(C(=O)NC3CC[C@]3(C)OC)cnn12. The lowest BCUT2D eigenvalue weighted by atomic mass is 9.76. The van der Waals surface area contributed by atoms with Gasteiger partial charge in [0.05, 0.1) is 17.8 Å². The third-order valence-corrected chi connectivity index (χ3v) is 6.56. The molecule has 0 radical (unpaired) electrons. The second-order valence-corrected chi connectivity index (χ2v) is 8.62. The van der Waals surface area contributed by atoms with Gasteiger partial charge in [0.15, 0.2) is 12.0 Å². The van der Waals surface area contributed by atoms with Crippen molar-refractivity contribution in [3.63, 3.8) is 0 Å². The highest BCUT2D eigenvalue weighted by atomic mass is 16.5. The van der Waals surface area contributed by atoms with E-state index in [0.29, 0.717) is 34.4 Å². The maximum atomic E-state index is 13.1. The van der Waals surface area contributed by atoms with E-state index >= 15 is 0 Å². The zero-order valence-corrected chi connectivity index (χ0v) is 19.8. The van der Waals surface area contributed by atoms with Crippen molar-refractivity contribution in [1.29, 1.82) is 0 Å². The summed E-state index contributed by atoms with van der Waals surface area (Å²) >= 11 is 0. The summed E-state index contributed by atoms with van der Waals surface area (Å²) in [6.07, 6.45) is 6.08. The average molecular weight is 479 g/mol. The fourth-order valence-corrected chi connectivity index (χ4v) is 4.18. The predicted octanol–water partition coefficient (Wildman–Crippen LogP) is 2.26. The van der Waals surface area contributed by atoms with Crippen LogP contribution < -0.4 is 21.5 Å². The van der Waals surface area contributed by atoms with Gasteiger partial charge in [-0.05, 0) is 38.8 Å². The Labute approximate surface area is 200 Å². The first-order valence-corrected chi connectivity index (χ1v) is 11.2. The monoisotopic (exact) mass is 478 g/mol. The van der Waals surface area contributed by atoms with Crippen LogP contribution >= 0.6 is 0 Å². The average Bonchev–Trinajstić information content (AvgIpc) is 3.48. The molecule has 1 unspecified atom stereocenters. The van der Waals surface area contributed by atoms with Crippen LogP contribution in [0.25, 0.3) is 11.5 Å². The molecular weight excluding hydrogens is 452 g/mol. The Morgan fingerprint density at radius 3 is 2.86 bits per heavy atom. The number of ether oxygens (including phenoxy) is 1. The number of nitrogens with zero attached hydrogens (tertiary/aromatic N) is 5. The van der Waals surface area contributed by atoms with E-state index in [1.165, 1.54) is 21.7 Å². The van der Waals surface area contributed by atoms with Gasteiger partial charge in [0.25, 0.3) is 11.5 Å². The second kappa shape index (κ2) is 8.55. The molecule has 0 aromatic carbocycles. The maximum Gasteiger partial charge on any atom is 0.281 e. The van der Waals surface area contributed by atoms with E-state index in [0.717, 1.165) is 12.8 Å². The predicted molar refractivity (Wildman–Crippen MR) is 129 cm³/mol. The minimum atomic E-state index is -0.385. The molecule has 2 atom stereocenters. The topological polar surface area (TPSA) is 141 Å². The second-order valence-electron chi connectivity index (χ2n) is 8.62. The smallest absolute Gasteiger partial charge is 0.281 e. The van der Waals surface area contributed by atoms with Crippen molar-refractivity contribution in [3.8, 4) is 5.88 Å². The Morgan fingerprint density at radius 2 is 2.20 bits per heavy atom. The summed E-state index contributed by atoms with van der Waals surface area (Å²) in [5.74, 6) is 1.00. The van der Waals surface area contributed by atoms with Gasteiger partial charge in [0, 0.05) is 26.4 Å². The fourth-order valence-electron chi connectivity index (χ4n) is 4.18. The molecule has 0 saturated heterocycles. The lowest BCUT2D eigenvalue weighted by Gasteiger charge is -2.45. The fraction of sp³-hybridized carbons (Fsp3) is 0.348. The standard InChI is InChI=1S/C23H26N8O4/c1-13-22(35-12-25-13)30-9-5-6-15(21(30)33)27-17-10-18(24-3)31-19(29-17)14(11-26-31)20(32)28-16-7-8-23(16,2)34-4/h5-6,9-12,16,24H,7-8H2,1-4H3,(H,27,29)(H,28,32)/t16?,23-/m0/s1. The van der Waals surface area contributed by atoms with Crippen molar-refractivity contribution in [3.05, 3.63) is 58.6 Å². The number of hydrogen-bond acceptors (Lipinski definition) is 9. The van der Waals surface area contributed by atoms with Gasteiger partial charge < -0.3 is 25.1 Å². The summed E-state index contributed by atoms with van der Waals surface area (Å²) in [6.45, 7) is 3.73. The number of fused-ring (bicyclic) bond motifs is 1. The molecule has 0 bridgehead atoms. The Kier molecular flexibility index (Phi) is 5.52. The number of amides is 1. The number of hydrogen-bond donors (Lipinski definition) is 3. The van der Waals surface area contributed by atoms with E-state index in [4.69, 9.17) is 9.15 Å². The number of aryl methyl sites for hydroxylation is 1. The molecule has 0 aliphatic heterocycles. The molecule has 35 heavy (non-hydrogen) atoms. The van der Waals surface area contributed by atoms with Crippen LogP contribution in [0.5, 0.6) is 0 Å². The molecule has 12 heteroatoms. The van der Waals surface area contributed by atoms with E-state index < -0.39 is 0 Å². The van der Waals surface area contributed by atoms with Gasteiger partial charge in [-0.15, -0.1) is 0 Å². The summed E-state index contributed by atoms with van der Waals surface area (Å²) in [6, 6.07) is 4.96. The van der Waals surface area contributed by atoms with Gasteiger partial charge in [0.1, 0.15) is 28.6 Å². The van der Waals surface area contributed by atoms with Gasteiger partial charge in [-0.1, -0.05) is 0 Å². The number of anilines is 3. The van der Waals surface area contributed by atoms with E-state index in [1.807, 2.05) is 6.92 Å². The highest BCUT2D eigenvalue weighted by Crippen LogP contribution is 2.35. The molecular formula is C23H26N8O4. The molecule has 4 heterocycles. The van der Waals surface area contributed by atoms with Gasteiger partial charge in [-0.3, -0.25) is 14.2 Å². The largest absolute Gasteiger partial charge is 0.427 e. The molecule has 1 aliphatic rings. The summed E-state index contributed by atoms with van der Waals surface area (Å²) in [4.78, 5) is 34.8. The lowest BCUT2D eigenvalue weighted by Crippen LogP contribution is -2.59. The Morgan fingerprint density at radius 1 is 1.37 bits per heavy atom. The first-order valence-electron chi connectivity index (χ1n) is 11.2. The van der Waals surface area contributed by atoms with Crippen molar-refractivity contribution < 1.29 is 13.9 Å². The van der Waals surface area contributed by atoms with E-state index in [-0.39, 0.29) is 28.8 Å². The van der Waals surface area contributed by atoms with Crippen LogP contribution in [0.1, 0.15) is 35.8 Å². The molecule has 1 amide bonds. The van der Waals surface area contributed by atoms with Crippen LogP contribution in [-0.2, 0) is 4.74 Å². The molecule has 4 aromatic rings. The highest BCUT2D eigenvalue weighted by molar-refractivity contribution is 6.00. The van der Waals surface area contributed by atoms with Crippen LogP contribution in [0.4, 0.5) is 17.3 Å².